The summed E-state index contributed by atoms with van der Waals surface area (Å²) in [5.41, 5.74) is 0. The van der Waals surface area contributed by atoms with Gasteiger partial charge in [0.05, 0.1) is 12.7 Å². The monoisotopic (exact) mass is 93.1 g/mol. The highest BCUT2D eigenvalue weighted by molar-refractivity contribution is 4.33. The molecule has 0 radical (unpaired) electrons. The van der Waals surface area contributed by atoms with Crippen LogP contribution in [0.1, 0.15) is 6.92 Å². The van der Waals surface area contributed by atoms with Gasteiger partial charge in [0.2, 0.25) is 0 Å². The van der Waals surface area contributed by atoms with Crippen molar-refractivity contribution in [3.8, 4) is 0 Å². The molecule has 6 heavy (non-hydrogen) atoms. The lowest BCUT2D eigenvalue weighted by atomic mass is 10.5. The van der Waals surface area contributed by atoms with E-state index in [9.17, 15) is 0 Å². The largest absolute Gasteiger partial charge is 0.394 e. The molecule has 0 amide bonds. The van der Waals surface area contributed by atoms with Crippen LogP contribution in [0.3, 0.4) is 0 Å². The van der Waals surface area contributed by atoms with Crippen molar-refractivity contribution in [2.24, 2.45) is 0 Å². The lowest BCUT2D eigenvalue weighted by Crippen LogP contribution is -2.03. The Balaban J connectivity index is 0. The van der Waals surface area contributed by atoms with E-state index < -0.39 is 6.10 Å². The predicted octanol–water partition coefficient (Wildman–Crippen LogP) is -0.479. The molecule has 3 nitrogen and oxygen atoms in total. The molecule has 0 aliphatic rings. The maximum absolute atomic E-state index is 8.11. The van der Waals surface area contributed by atoms with Gasteiger partial charge < -0.3 is 16.4 Å². The van der Waals surface area contributed by atoms with Gasteiger partial charge >= 0.3 is 0 Å². The van der Waals surface area contributed by atoms with Gasteiger partial charge in [-0.2, -0.15) is 0 Å². The van der Waals surface area contributed by atoms with E-state index in [0.29, 0.717) is 0 Å². The standard InChI is InChI=1S/C3H8O2.H3N/c1-3(5)2-4;/h3-5H,2H2,1H3;1H3. The SMILES string of the molecule is CC(O)CO.N. The first-order valence-electron chi connectivity index (χ1n) is 1.56. The van der Waals surface area contributed by atoms with E-state index in [0.717, 1.165) is 0 Å². The summed E-state index contributed by atoms with van der Waals surface area (Å²) in [6, 6.07) is 0. The summed E-state index contributed by atoms with van der Waals surface area (Å²) >= 11 is 0. The number of aliphatic hydroxyl groups is 2. The highest BCUT2D eigenvalue weighted by Crippen LogP contribution is 1.68. The maximum Gasteiger partial charge on any atom is 0.0742 e. The first-order valence-corrected chi connectivity index (χ1v) is 1.56. The van der Waals surface area contributed by atoms with Gasteiger partial charge in [-0.1, -0.05) is 0 Å². The molecule has 0 heterocycles. The van der Waals surface area contributed by atoms with E-state index in [1.165, 1.54) is 6.92 Å². The smallest absolute Gasteiger partial charge is 0.0742 e. The van der Waals surface area contributed by atoms with Crippen LogP contribution in [0.5, 0.6) is 0 Å². The average molecular weight is 93.1 g/mol. The third kappa shape index (κ3) is 9.11. The summed E-state index contributed by atoms with van der Waals surface area (Å²) in [5, 5.41) is 16.0. The van der Waals surface area contributed by atoms with Crippen LogP contribution in [-0.2, 0) is 0 Å². The number of rotatable bonds is 1. The Bertz CT molecular complexity index is 22.8. The van der Waals surface area contributed by atoms with Gasteiger partial charge in [-0.05, 0) is 6.92 Å². The predicted molar refractivity (Wildman–Crippen MR) is 23.8 cm³/mol. The second-order valence-corrected chi connectivity index (χ2v) is 1.03. The van der Waals surface area contributed by atoms with Crippen LogP contribution in [0.4, 0.5) is 0 Å². The molecule has 0 saturated heterocycles. The molecule has 0 rings (SSSR count). The van der Waals surface area contributed by atoms with E-state index in [1.807, 2.05) is 0 Å². The first-order chi connectivity index (χ1) is 2.27. The molecule has 0 fully saturated rings. The van der Waals surface area contributed by atoms with Gasteiger partial charge in [0.25, 0.3) is 0 Å². The molecule has 1 atom stereocenters. The van der Waals surface area contributed by atoms with Crippen molar-refractivity contribution in [2.45, 2.75) is 13.0 Å². The van der Waals surface area contributed by atoms with Gasteiger partial charge in [-0.25, -0.2) is 0 Å². The topological polar surface area (TPSA) is 75.5 Å². The molecule has 0 aromatic heterocycles. The first kappa shape index (κ1) is 9.30. The lowest BCUT2D eigenvalue weighted by Gasteiger charge is -1.90. The summed E-state index contributed by atoms with van der Waals surface area (Å²) < 4.78 is 0. The van der Waals surface area contributed by atoms with Crippen molar-refractivity contribution < 1.29 is 10.2 Å². The van der Waals surface area contributed by atoms with Crippen molar-refractivity contribution in [3.05, 3.63) is 0 Å². The van der Waals surface area contributed by atoms with Crippen molar-refractivity contribution in [2.75, 3.05) is 6.61 Å². The molecule has 0 saturated carbocycles. The van der Waals surface area contributed by atoms with Crippen LogP contribution >= 0.6 is 0 Å². The van der Waals surface area contributed by atoms with Crippen LogP contribution in [0.15, 0.2) is 0 Å². The molecular formula is C3H11NO2. The Kier molecular flexibility index (Phi) is 7.57. The van der Waals surface area contributed by atoms with Gasteiger partial charge in [0.15, 0.2) is 0 Å². The Labute approximate surface area is 37.2 Å². The third-order valence-corrected chi connectivity index (χ3v) is 0.264. The van der Waals surface area contributed by atoms with E-state index in [2.05, 4.69) is 0 Å². The van der Waals surface area contributed by atoms with E-state index in [1.54, 1.807) is 0 Å². The fourth-order valence-corrected chi connectivity index (χ4v) is 0. The minimum Gasteiger partial charge on any atom is -0.394 e. The Morgan fingerprint density at radius 1 is 1.67 bits per heavy atom. The quantitative estimate of drug-likeness (QED) is 0.410. The van der Waals surface area contributed by atoms with Crippen LogP contribution in [0, 0.1) is 0 Å². The highest BCUT2D eigenvalue weighted by atomic mass is 16.3. The summed E-state index contributed by atoms with van der Waals surface area (Å²) in [6.07, 6.45) is -0.560. The Morgan fingerprint density at radius 2 is 1.83 bits per heavy atom. The molecule has 0 bridgehead atoms. The van der Waals surface area contributed by atoms with Crippen LogP contribution < -0.4 is 6.15 Å². The molecule has 5 N–H and O–H groups in total. The third-order valence-electron chi connectivity index (χ3n) is 0.264. The Morgan fingerprint density at radius 3 is 1.83 bits per heavy atom. The molecular weight excluding hydrogens is 82.0 g/mol. The zero-order valence-electron chi connectivity index (χ0n) is 3.89. The molecule has 0 aliphatic heterocycles. The van der Waals surface area contributed by atoms with Gasteiger partial charge in [-0.15, -0.1) is 0 Å². The zero-order chi connectivity index (χ0) is 4.28. The minimum atomic E-state index is -0.560. The minimum absolute atomic E-state index is 0. The van der Waals surface area contributed by atoms with Crippen molar-refractivity contribution in [3.63, 3.8) is 0 Å². The van der Waals surface area contributed by atoms with Crippen molar-refractivity contribution >= 4 is 0 Å². The number of hydrogen-bond acceptors (Lipinski definition) is 3. The molecule has 0 aliphatic carbocycles. The molecule has 1 unspecified atom stereocenters. The van der Waals surface area contributed by atoms with E-state index in [4.69, 9.17) is 10.2 Å². The van der Waals surface area contributed by atoms with Crippen molar-refractivity contribution in [1.82, 2.24) is 6.15 Å². The Hall–Kier alpha value is -0.120. The fourth-order valence-electron chi connectivity index (χ4n) is 0. The molecule has 0 aromatic carbocycles. The lowest BCUT2D eigenvalue weighted by molar-refractivity contribution is 0.110. The summed E-state index contributed by atoms with van der Waals surface area (Å²) in [7, 11) is 0. The summed E-state index contributed by atoms with van der Waals surface area (Å²) in [6.45, 7) is 1.39. The summed E-state index contributed by atoms with van der Waals surface area (Å²) in [4.78, 5) is 0. The maximum atomic E-state index is 8.11. The van der Waals surface area contributed by atoms with E-state index in [-0.39, 0.29) is 12.8 Å². The van der Waals surface area contributed by atoms with Gasteiger partial charge in [0, 0.05) is 0 Å². The molecule has 0 aromatic rings. The van der Waals surface area contributed by atoms with E-state index >= 15 is 0 Å². The number of aliphatic hydroxyl groups excluding tert-OH is 2. The molecule has 40 valence electrons. The second-order valence-electron chi connectivity index (χ2n) is 1.03. The zero-order valence-corrected chi connectivity index (χ0v) is 3.89. The van der Waals surface area contributed by atoms with Crippen molar-refractivity contribution in [1.29, 1.82) is 0 Å². The fraction of sp³-hybridized carbons (Fsp3) is 1.00. The van der Waals surface area contributed by atoms with Gasteiger partial charge in [-0.3, -0.25) is 0 Å². The summed E-state index contributed by atoms with van der Waals surface area (Å²) in [5.74, 6) is 0. The molecule has 0 spiro atoms. The normalized spacial score (nSPS) is 12.5. The van der Waals surface area contributed by atoms with Crippen LogP contribution in [0.2, 0.25) is 0 Å². The number of hydrogen-bond donors (Lipinski definition) is 3. The highest BCUT2D eigenvalue weighted by Gasteiger charge is 1.83. The van der Waals surface area contributed by atoms with Gasteiger partial charge in [0.1, 0.15) is 0 Å². The molecule has 3 heteroatoms. The van der Waals surface area contributed by atoms with Crippen LogP contribution in [-0.4, -0.2) is 22.9 Å². The average Bonchev–Trinajstić information content (AvgIpc) is 1.38. The van der Waals surface area contributed by atoms with Crippen LogP contribution in [0.25, 0.3) is 0 Å². The second kappa shape index (κ2) is 4.88.